The van der Waals surface area contributed by atoms with Gasteiger partial charge in [-0.05, 0) is 32.0 Å². The molecule has 2 fully saturated rings. The van der Waals surface area contributed by atoms with Gasteiger partial charge in [0.05, 0.1) is 42.7 Å². The molecule has 172 valence electrons. The fourth-order valence-electron chi connectivity index (χ4n) is 4.14. The van der Waals surface area contributed by atoms with Gasteiger partial charge in [-0.3, -0.25) is 19.6 Å². The molecule has 0 saturated carbocycles. The van der Waals surface area contributed by atoms with E-state index in [1.165, 1.54) is 4.68 Å². The highest BCUT2D eigenvalue weighted by atomic mass is 16.6. The van der Waals surface area contributed by atoms with Crippen LogP contribution in [0.15, 0.2) is 18.2 Å². The Morgan fingerprint density at radius 3 is 2.31 bits per heavy atom. The van der Waals surface area contributed by atoms with Gasteiger partial charge in [0.1, 0.15) is 17.9 Å². The topological polar surface area (TPSA) is 115 Å². The Balaban J connectivity index is 1.56. The van der Waals surface area contributed by atoms with Crippen LogP contribution in [0.3, 0.4) is 0 Å². The number of hydrogen-bond donors (Lipinski definition) is 1. The third-order valence-corrected chi connectivity index (χ3v) is 5.80. The molecular formula is C21H28N6O5. The first-order valence-electron chi connectivity index (χ1n) is 10.7. The first kappa shape index (κ1) is 22.0. The molecule has 11 nitrogen and oxygen atoms in total. The van der Waals surface area contributed by atoms with E-state index in [1.807, 2.05) is 12.1 Å². The number of benzene rings is 1. The van der Waals surface area contributed by atoms with Gasteiger partial charge in [-0.25, -0.2) is 0 Å². The summed E-state index contributed by atoms with van der Waals surface area (Å²) in [7, 11) is 0. The van der Waals surface area contributed by atoms with Gasteiger partial charge in [0.15, 0.2) is 0 Å². The Morgan fingerprint density at radius 2 is 1.72 bits per heavy atom. The smallest absolute Gasteiger partial charge is 0.312 e. The second kappa shape index (κ2) is 9.53. The number of aryl methyl sites for hydroxylation is 1. The van der Waals surface area contributed by atoms with Crippen molar-refractivity contribution in [2.24, 2.45) is 0 Å². The maximum absolute atomic E-state index is 12.8. The number of carbonyl (C=O) groups excluding carboxylic acids is 1. The van der Waals surface area contributed by atoms with Crippen molar-refractivity contribution >= 4 is 28.7 Å². The zero-order chi connectivity index (χ0) is 22.7. The van der Waals surface area contributed by atoms with Crippen LogP contribution in [0.25, 0.3) is 0 Å². The molecule has 2 aromatic rings. The number of carbonyl (C=O) groups is 1. The lowest BCUT2D eigenvalue weighted by Gasteiger charge is -2.33. The van der Waals surface area contributed by atoms with Crippen LogP contribution in [-0.2, 0) is 20.8 Å². The number of hydrogen-bond acceptors (Lipinski definition) is 8. The van der Waals surface area contributed by atoms with Gasteiger partial charge in [-0.2, -0.15) is 5.10 Å². The van der Waals surface area contributed by atoms with Crippen LogP contribution in [0, 0.1) is 24.0 Å². The lowest BCUT2D eigenvalue weighted by Crippen LogP contribution is -2.38. The Morgan fingerprint density at radius 1 is 1.09 bits per heavy atom. The Kier molecular flexibility index (Phi) is 6.56. The van der Waals surface area contributed by atoms with Gasteiger partial charge in [0.2, 0.25) is 5.91 Å². The van der Waals surface area contributed by atoms with Crippen molar-refractivity contribution in [2.75, 3.05) is 67.7 Å². The number of nitrogens with zero attached hydrogens (tertiary/aromatic N) is 5. The van der Waals surface area contributed by atoms with Crippen molar-refractivity contribution in [3.63, 3.8) is 0 Å². The van der Waals surface area contributed by atoms with E-state index in [-0.39, 0.29) is 18.1 Å². The summed E-state index contributed by atoms with van der Waals surface area (Å²) in [4.78, 5) is 28.1. The van der Waals surface area contributed by atoms with Gasteiger partial charge in [0.25, 0.3) is 0 Å². The molecule has 2 aliphatic rings. The van der Waals surface area contributed by atoms with Crippen molar-refractivity contribution < 1.29 is 19.2 Å². The van der Waals surface area contributed by atoms with E-state index in [9.17, 15) is 14.9 Å². The van der Waals surface area contributed by atoms with Crippen LogP contribution in [-0.4, -0.2) is 73.2 Å². The van der Waals surface area contributed by atoms with Crippen molar-refractivity contribution in [3.05, 3.63) is 39.7 Å². The van der Waals surface area contributed by atoms with Crippen LogP contribution in [0.2, 0.25) is 0 Å². The summed E-state index contributed by atoms with van der Waals surface area (Å²) >= 11 is 0. The molecule has 0 unspecified atom stereocenters. The molecule has 11 heteroatoms. The predicted octanol–water partition coefficient (Wildman–Crippen LogP) is 1.72. The summed E-state index contributed by atoms with van der Waals surface area (Å²) in [6, 6.07) is 6.01. The molecule has 1 aromatic carbocycles. The lowest BCUT2D eigenvalue weighted by molar-refractivity contribution is -0.386. The van der Waals surface area contributed by atoms with Crippen LogP contribution < -0.4 is 15.1 Å². The van der Waals surface area contributed by atoms with Gasteiger partial charge < -0.3 is 24.6 Å². The Hall–Kier alpha value is -3.18. The number of amides is 1. The summed E-state index contributed by atoms with van der Waals surface area (Å²) in [5.41, 5.74) is 3.32. The van der Waals surface area contributed by atoms with E-state index in [1.54, 1.807) is 13.8 Å². The average Bonchev–Trinajstić information content (AvgIpc) is 3.07. The molecule has 1 N–H and O–H groups in total. The summed E-state index contributed by atoms with van der Waals surface area (Å²) in [5.74, 6) is -0.292. The maximum Gasteiger partial charge on any atom is 0.312 e. The fraction of sp³-hybridized carbons (Fsp3) is 0.524. The molecular weight excluding hydrogens is 416 g/mol. The van der Waals surface area contributed by atoms with Gasteiger partial charge >= 0.3 is 5.69 Å². The molecule has 2 aliphatic heterocycles. The van der Waals surface area contributed by atoms with Crippen molar-refractivity contribution in [1.82, 2.24) is 9.78 Å². The summed E-state index contributed by atoms with van der Waals surface area (Å²) < 4.78 is 12.3. The second-order valence-electron chi connectivity index (χ2n) is 7.88. The number of anilines is 3. The van der Waals surface area contributed by atoms with E-state index in [2.05, 4.69) is 26.3 Å². The molecule has 0 bridgehead atoms. The van der Waals surface area contributed by atoms with Crippen molar-refractivity contribution in [1.29, 1.82) is 0 Å². The van der Waals surface area contributed by atoms with Gasteiger partial charge in [0, 0.05) is 31.9 Å². The van der Waals surface area contributed by atoms with Gasteiger partial charge in [-0.1, -0.05) is 0 Å². The molecule has 3 heterocycles. The third-order valence-electron chi connectivity index (χ3n) is 5.80. The lowest BCUT2D eigenvalue weighted by atomic mass is 10.1. The number of morpholine rings is 2. The Bertz CT molecular complexity index is 995. The molecule has 2 saturated heterocycles. The molecule has 0 aliphatic carbocycles. The van der Waals surface area contributed by atoms with Crippen LogP contribution in [0.1, 0.15) is 11.4 Å². The summed E-state index contributed by atoms with van der Waals surface area (Å²) in [6.45, 7) is 8.83. The number of ether oxygens (including phenoxy) is 2. The van der Waals surface area contributed by atoms with E-state index >= 15 is 0 Å². The summed E-state index contributed by atoms with van der Waals surface area (Å²) in [6.07, 6.45) is 0. The monoisotopic (exact) mass is 444 g/mol. The highest BCUT2D eigenvalue weighted by Crippen LogP contribution is 2.32. The average molecular weight is 444 g/mol. The molecule has 0 atom stereocenters. The summed E-state index contributed by atoms with van der Waals surface area (Å²) in [5, 5.41) is 18.4. The first-order valence-corrected chi connectivity index (χ1v) is 10.7. The predicted molar refractivity (Wildman–Crippen MR) is 119 cm³/mol. The second-order valence-corrected chi connectivity index (χ2v) is 7.88. The SMILES string of the molecule is Cc1nn(CC(=O)Nc2ccc(N3CCOCC3)cc2N2CCOCC2)c(C)c1[N+](=O)[O-]. The van der Waals surface area contributed by atoms with Crippen molar-refractivity contribution in [3.8, 4) is 0 Å². The zero-order valence-corrected chi connectivity index (χ0v) is 18.4. The minimum Gasteiger partial charge on any atom is -0.378 e. The quantitative estimate of drug-likeness (QED) is 0.529. The van der Waals surface area contributed by atoms with Crippen molar-refractivity contribution in [2.45, 2.75) is 20.4 Å². The molecule has 32 heavy (non-hydrogen) atoms. The minimum absolute atomic E-state index is 0.0540. The van der Waals surface area contributed by atoms with E-state index in [0.717, 1.165) is 37.6 Å². The highest BCUT2D eigenvalue weighted by Gasteiger charge is 2.24. The first-order chi connectivity index (χ1) is 15.4. The van der Waals surface area contributed by atoms with Gasteiger partial charge in [-0.15, -0.1) is 0 Å². The number of rotatable bonds is 6. The van der Waals surface area contributed by atoms with Crippen LogP contribution in [0.4, 0.5) is 22.7 Å². The zero-order valence-electron chi connectivity index (χ0n) is 18.4. The fourth-order valence-corrected chi connectivity index (χ4v) is 4.14. The highest BCUT2D eigenvalue weighted by molar-refractivity contribution is 5.95. The molecule has 0 spiro atoms. The van der Waals surface area contributed by atoms with E-state index < -0.39 is 4.92 Å². The van der Waals surface area contributed by atoms with E-state index in [0.29, 0.717) is 43.5 Å². The largest absolute Gasteiger partial charge is 0.378 e. The number of nitro groups is 1. The third kappa shape index (κ3) is 4.68. The number of aromatic nitrogens is 2. The Labute approximate surface area is 186 Å². The number of nitrogens with one attached hydrogen (secondary N) is 1. The maximum atomic E-state index is 12.8. The molecule has 1 amide bonds. The molecule has 0 radical (unpaired) electrons. The molecule has 4 rings (SSSR count). The van der Waals surface area contributed by atoms with Crippen LogP contribution >= 0.6 is 0 Å². The standard InChI is InChI=1S/C21H28N6O5/c1-15-21(27(29)30)16(2)26(23-15)14-20(28)22-18-4-3-17(24-5-9-31-10-6-24)13-19(18)25-7-11-32-12-8-25/h3-4,13H,5-12,14H2,1-2H3,(H,22,28). The molecule has 1 aromatic heterocycles. The normalized spacial score (nSPS) is 16.8. The van der Waals surface area contributed by atoms with Crippen LogP contribution in [0.5, 0.6) is 0 Å². The van der Waals surface area contributed by atoms with E-state index in [4.69, 9.17) is 9.47 Å². The minimum atomic E-state index is -0.465.